The molecule has 4 nitrogen and oxygen atoms in total. The van der Waals surface area contributed by atoms with Gasteiger partial charge in [-0.15, -0.1) is 4.91 Å². The topological polar surface area (TPSA) is 55.7 Å². The van der Waals surface area contributed by atoms with Crippen LogP contribution in [0.1, 0.15) is 0 Å². The molecule has 0 aromatic heterocycles. The highest BCUT2D eigenvalue weighted by molar-refractivity contribution is 6.61. The number of carbonyl (C=O) groups is 1. The van der Waals surface area contributed by atoms with Gasteiger partial charge in [0.15, 0.2) is 11.4 Å². The Morgan fingerprint density at radius 2 is 2.25 bits per heavy atom. The summed E-state index contributed by atoms with van der Waals surface area (Å²) in [4.78, 5) is 20.1. The molecule has 0 amide bonds. The van der Waals surface area contributed by atoms with Gasteiger partial charge in [0, 0.05) is 11.6 Å². The fourth-order valence-electron chi connectivity index (χ4n) is 0.563. The Bertz CT molecular complexity index is 296. The molecule has 0 aliphatic rings. The van der Waals surface area contributed by atoms with Crippen LogP contribution in [0.2, 0.25) is 0 Å². The summed E-state index contributed by atoms with van der Waals surface area (Å²) in [6, 6.07) is 7.40. The van der Waals surface area contributed by atoms with E-state index in [9.17, 15) is 9.70 Å². The standard InChI is InChI=1S/C7H2ClNO3/c8-7(10)12-6-3-1-5(9-11)2-4-6/h1,3H. The smallest absolute Gasteiger partial charge is 0.405 e. The third-order valence-electron chi connectivity index (χ3n) is 0.995. The second-order valence-corrected chi connectivity index (χ2v) is 2.07. The van der Waals surface area contributed by atoms with Gasteiger partial charge in [-0.05, 0) is 29.4 Å². The van der Waals surface area contributed by atoms with Crippen LogP contribution in [-0.2, 0) is 0 Å². The monoisotopic (exact) mass is 183 g/mol. The van der Waals surface area contributed by atoms with Crippen LogP contribution in [-0.4, -0.2) is 5.43 Å². The van der Waals surface area contributed by atoms with Gasteiger partial charge in [-0.3, -0.25) is 0 Å². The molecule has 1 rings (SSSR count). The lowest BCUT2D eigenvalue weighted by atomic mass is 10.4. The van der Waals surface area contributed by atoms with Crippen molar-refractivity contribution in [3.05, 3.63) is 29.2 Å². The van der Waals surface area contributed by atoms with Crippen molar-refractivity contribution in [1.82, 2.24) is 0 Å². The number of halogens is 1. The molecular weight excluding hydrogens is 182 g/mol. The lowest BCUT2D eigenvalue weighted by molar-refractivity contribution is 0.225. The molecule has 12 heavy (non-hydrogen) atoms. The zero-order valence-corrected chi connectivity index (χ0v) is 6.46. The van der Waals surface area contributed by atoms with E-state index >= 15 is 0 Å². The van der Waals surface area contributed by atoms with Crippen LogP contribution in [0.25, 0.3) is 0 Å². The second kappa shape index (κ2) is 3.69. The Hall–Kier alpha value is -1.60. The third kappa shape index (κ3) is 2.22. The van der Waals surface area contributed by atoms with Gasteiger partial charge in [0.2, 0.25) is 0 Å². The Kier molecular flexibility index (Phi) is 2.62. The predicted octanol–water partition coefficient (Wildman–Crippen LogP) is 2.42. The zero-order valence-electron chi connectivity index (χ0n) is 5.70. The molecule has 0 unspecified atom stereocenters. The number of rotatable bonds is 2. The first-order chi connectivity index (χ1) is 5.72. The Morgan fingerprint density at radius 1 is 1.50 bits per heavy atom. The lowest BCUT2D eigenvalue weighted by Gasteiger charge is -1.92. The highest BCUT2D eigenvalue weighted by Crippen LogP contribution is 2.12. The third-order valence-corrected chi connectivity index (χ3v) is 1.07. The van der Waals surface area contributed by atoms with Crippen molar-refractivity contribution in [3.63, 3.8) is 0 Å². The van der Waals surface area contributed by atoms with Gasteiger partial charge in [-0.1, -0.05) is 0 Å². The van der Waals surface area contributed by atoms with Crippen LogP contribution >= 0.6 is 11.6 Å². The summed E-state index contributed by atoms with van der Waals surface area (Å²) in [5.74, 6) is 0.0994. The molecule has 0 aliphatic heterocycles. The summed E-state index contributed by atoms with van der Waals surface area (Å²) in [5.41, 5.74) is -0.879. The quantitative estimate of drug-likeness (QED) is 0.523. The van der Waals surface area contributed by atoms with Crippen LogP contribution in [0.3, 0.4) is 0 Å². The van der Waals surface area contributed by atoms with Crippen molar-refractivity contribution >= 4 is 22.7 Å². The largest absolute Gasteiger partial charge is 0.409 e. The Balaban J connectivity index is 2.77. The number of ether oxygens (including phenoxy) is 1. The molecular formula is C7H2ClNO3. The van der Waals surface area contributed by atoms with Crippen molar-refractivity contribution < 1.29 is 9.53 Å². The van der Waals surface area contributed by atoms with E-state index < -0.39 is 5.43 Å². The van der Waals surface area contributed by atoms with Gasteiger partial charge in [0.25, 0.3) is 0 Å². The van der Waals surface area contributed by atoms with E-state index in [4.69, 9.17) is 11.6 Å². The first-order valence-electron chi connectivity index (χ1n) is 2.87. The predicted molar refractivity (Wildman–Crippen MR) is 41.4 cm³/mol. The van der Waals surface area contributed by atoms with E-state index in [0.717, 1.165) is 0 Å². The molecule has 0 spiro atoms. The van der Waals surface area contributed by atoms with Crippen LogP contribution < -0.4 is 4.74 Å². The van der Waals surface area contributed by atoms with E-state index in [1.807, 2.05) is 0 Å². The van der Waals surface area contributed by atoms with Gasteiger partial charge in [-0.2, -0.15) is 0 Å². The SMILES string of the molecule is O=Nc1c#cc(OC(=O)Cl)cc1. The van der Waals surface area contributed by atoms with Gasteiger partial charge in [-0.25, -0.2) is 4.79 Å². The minimum absolute atomic E-state index is 0.0874. The number of carbonyl (C=O) groups excluding carboxylic acids is 1. The summed E-state index contributed by atoms with van der Waals surface area (Å²) >= 11 is 4.91. The van der Waals surface area contributed by atoms with Crippen molar-refractivity contribution in [2.75, 3.05) is 0 Å². The maximum atomic E-state index is 10.2. The lowest BCUT2D eigenvalue weighted by Crippen LogP contribution is -1.94. The second-order valence-electron chi connectivity index (χ2n) is 1.76. The number of nitrogens with zero attached hydrogens (tertiary/aromatic N) is 1. The van der Waals surface area contributed by atoms with Crippen LogP contribution in [0, 0.1) is 17.0 Å². The summed E-state index contributed by atoms with van der Waals surface area (Å²) < 4.78 is 4.41. The summed E-state index contributed by atoms with van der Waals surface area (Å²) in [6.07, 6.45) is 0. The molecule has 0 saturated carbocycles. The molecule has 0 heterocycles. The summed E-state index contributed by atoms with van der Waals surface area (Å²) in [5, 5.41) is 2.58. The molecule has 0 N–H and O–H groups in total. The minimum Gasteiger partial charge on any atom is -0.405 e. The van der Waals surface area contributed by atoms with Gasteiger partial charge < -0.3 is 4.74 Å². The number of nitroso groups, excluding NO2 is 1. The van der Waals surface area contributed by atoms with E-state index in [1.165, 1.54) is 12.1 Å². The molecule has 60 valence electrons. The van der Waals surface area contributed by atoms with Crippen molar-refractivity contribution in [2.24, 2.45) is 5.18 Å². The molecule has 0 fully saturated rings. The highest BCUT2D eigenvalue weighted by atomic mass is 35.5. The van der Waals surface area contributed by atoms with E-state index in [2.05, 4.69) is 22.0 Å². The molecule has 0 radical (unpaired) electrons. The molecule has 5 heteroatoms. The van der Waals surface area contributed by atoms with E-state index in [-0.39, 0.29) is 11.4 Å². The van der Waals surface area contributed by atoms with Crippen LogP contribution in [0.5, 0.6) is 5.75 Å². The highest BCUT2D eigenvalue weighted by Gasteiger charge is 1.98. The number of hydrogen-bond donors (Lipinski definition) is 0. The van der Waals surface area contributed by atoms with Crippen molar-refractivity contribution in [3.8, 4) is 5.75 Å². The molecule has 1 aromatic carbocycles. The maximum absolute atomic E-state index is 10.2. The normalized spacial score (nSPS) is 8.42. The van der Waals surface area contributed by atoms with Crippen LogP contribution in [0.4, 0.5) is 10.5 Å². The average molecular weight is 184 g/mol. The minimum atomic E-state index is -0.966. The summed E-state index contributed by atoms with van der Waals surface area (Å²) in [7, 11) is 0. The average Bonchev–Trinajstić information content (AvgIpc) is 2.05. The fourth-order valence-corrected chi connectivity index (χ4v) is 0.646. The van der Waals surface area contributed by atoms with Crippen molar-refractivity contribution in [1.29, 1.82) is 0 Å². The van der Waals surface area contributed by atoms with Crippen molar-refractivity contribution in [2.45, 2.75) is 0 Å². The molecule has 0 saturated heterocycles. The molecule has 0 atom stereocenters. The van der Waals surface area contributed by atoms with E-state index in [0.29, 0.717) is 0 Å². The Labute approximate surface area is 73.1 Å². The zero-order chi connectivity index (χ0) is 8.97. The van der Waals surface area contributed by atoms with Gasteiger partial charge in [0.05, 0.1) is 0 Å². The Morgan fingerprint density at radius 3 is 2.67 bits per heavy atom. The molecule has 0 aliphatic carbocycles. The fraction of sp³-hybridized carbons (Fsp3) is 0. The van der Waals surface area contributed by atoms with Gasteiger partial charge in [0.1, 0.15) is 0 Å². The maximum Gasteiger partial charge on any atom is 0.409 e. The first-order valence-corrected chi connectivity index (χ1v) is 3.25. The summed E-state index contributed by atoms with van der Waals surface area (Å²) in [6.45, 7) is 0. The van der Waals surface area contributed by atoms with Crippen LogP contribution in [0.15, 0.2) is 17.3 Å². The first kappa shape index (κ1) is 8.50. The van der Waals surface area contributed by atoms with Gasteiger partial charge >= 0.3 is 5.43 Å². The molecule has 0 bridgehead atoms. The molecule has 1 aromatic rings. The van der Waals surface area contributed by atoms with E-state index in [1.54, 1.807) is 0 Å². The number of hydrogen-bond acceptors (Lipinski definition) is 4.